The number of aryl methyl sites for hydroxylation is 1. The highest BCUT2D eigenvalue weighted by molar-refractivity contribution is 7.99. The molecule has 0 aliphatic rings. The van der Waals surface area contributed by atoms with E-state index in [-0.39, 0.29) is 12.1 Å². The minimum absolute atomic E-state index is 0.00605. The van der Waals surface area contributed by atoms with Crippen LogP contribution in [0.2, 0.25) is 0 Å². The highest BCUT2D eigenvalue weighted by Crippen LogP contribution is 2.35. The second-order valence-corrected chi connectivity index (χ2v) is 6.14. The normalized spacial score (nSPS) is 10.8. The maximum Gasteiger partial charge on any atom is 0.304 e. The van der Waals surface area contributed by atoms with Crippen LogP contribution in [0.1, 0.15) is 11.4 Å². The SMILES string of the molecule is Cc1nc2cc(SCCC(=O)O)c([N+](=O)[O-])cc2s1. The van der Waals surface area contributed by atoms with Crippen molar-refractivity contribution in [1.82, 2.24) is 4.98 Å². The van der Waals surface area contributed by atoms with E-state index in [1.54, 1.807) is 6.07 Å². The van der Waals surface area contributed by atoms with E-state index in [9.17, 15) is 14.9 Å². The van der Waals surface area contributed by atoms with Crippen molar-refractivity contribution in [2.24, 2.45) is 0 Å². The Labute approximate surface area is 116 Å². The summed E-state index contributed by atoms with van der Waals surface area (Å²) in [6, 6.07) is 3.16. The van der Waals surface area contributed by atoms with Gasteiger partial charge in [0, 0.05) is 11.8 Å². The molecule has 1 aromatic heterocycles. The third kappa shape index (κ3) is 3.21. The Morgan fingerprint density at radius 3 is 2.95 bits per heavy atom. The lowest BCUT2D eigenvalue weighted by Gasteiger charge is -2.01. The van der Waals surface area contributed by atoms with Crippen LogP contribution in [0.5, 0.6) is 0 Å². The molecule has 0 spiro atoms. The number of nitro benzene ring substituents is 1. The maximum atomic E-state index is 11.0. The summed E-state index contributed by atoms with van der Waals surface area (Å²) in [7, 11) is 0. The van der Waals surface area contributed by atoms with Gasteiger partial charge in [0.15, 0.2) is 0 Å². The Kier molecular flexibility index (Phi) is 4.01. The predicted octanol–water partition coefficient (Wildman–Crippen LogP) is 3.08. The first-order valence-corrected chi connectivity index (χ1v) is 7.18. The minimum Gasteiger partial charge on any atom is -0.481 e. The van der Waals surface area contributed by atoms with Crippen LogP contribution in [0.4, 0.5) is 5.69 Å². The molecule has 19 heavy (non-hydrogen) atoms. The number of benzene rings is 1. The van der Waals surface area contributed by atoms with Gasteiger partial charge in [-0.15, -0.1) is 23.1 Å². The van der Waals surface area contributed by atoms with E-state index in [4.69, 9.17) is 5.11 Å². The zero-order valence-electron chi connectivity index (χ0n) is 9.95. The van der Waals surface area contributed by atoms with Crippen molar-refractivity contribution < 1.29 is 14.8 Å². The molecule has 0 saturated carbocycles. The smallest absolute Gasteiger partial charge is 0.304 e. The fourth-order valence-electron chi connectivity index (χ4n) is 1.57. The summed E-state index contributed by atoms with van der Waals surface area (Å²) in [4.78, 5) is 25.8. The van der Waals surface area contributed by atoms with Crippen LogP contribution in [0.15, 0.2) is 17.0 Å². The van der Waals surface area contributed by atoms with Gasteiger partial charge in [-0.3, -0.25) is 14.9 Å². The molecule has 1 heterocycles. The fourth-order valence-corrected chi connectivity index (χ4v) is 3.38. The molecule has 0 amide bonds. The zero-order chi connectivity index (χ0) is 14.0. The number of hydrogen-bond acceptors (Lipinski definition) is 6. The molecule has 0 saturated heterocycles. The number of aromatic nitrogens is 1. The van der Waals surface area contributed by atoms with Crippen LogP contribution in [-0.2, 0) is 4.79 Å². The summed E-state index contributed by atoms with van der Waals surface area (Å²) in [6.45, 7) is 1.84. The number of carbonyl (C=O) groups is 1. The average Bonchev–Trinajstić information content (AvgIpc) is 2.66. The molecule has 100 valence electrons. The Morgan fingerprint density at radius 1 is 1.58 bits per heavy atom. The number of thiazole rings is 1. The zero-order valence-corrected chi connectivity index (χ0v) is 11.6. The lowest BCUT2D eigenvalue weighted by Crippen LogP contribution is -1.97. The molecule has 1 aromatic carbocycles. The second kappa shape index (κ2) is 5.54. The van der Waals surface area contributed by atoms with E-state index in [1.165, 1.54) is 29.2 Å². The quantitative estimate of drug-likeness (QED) is 0.518. The predicted molar refractivity (Wildman–Crippen MR) is 74.0 cm³/mol. The van der Waals surface area contributed by atoms with E-state index >= 15 is 0 Å². The van der Waals surface area contributed by atoms with Gasteiger partial charge in [-0.05, 0) is 13.0 Å². The van der Waals surface area contributed by atoms with Crippen LogP contribution in [0.3, 0.4) is 0 Å². The number of thioether (sulfide) groups is 1. The molecule has 0 radical (unpaired) electrons. The van der Waals surface area contributed by atoms with Crippen molar-refractivity contribution in [2.45, 2.75) is 18.2 Å². The highest BCUT2D eigenvalue weighted by atomic mass is 32.2. The number of carboxylic acids is 1. The molecule has 0 aliphatic heterocycles. The van der Waals surface area contributed by atoms with Gasteiger partial charge in [-0.25, -0.2) is 4.98 Å². The lowest BCUT2D eigenvalue weighted by molar-refractivity contribution is -0.387. The molecule has 1 N–H and O–H groups in total. The number of carboxylic acid groups (broad SMARTS) is 1. The van der Waals surface area contributed by atoms with E-state index < -0.39 is 10.9 Å². The third-order valence-electron chi connectivity index (χ3n) is 2.35. The molecule has 0 fully saturated rings. The van der Waals surface area contributed by atoms with Gasteiger partial charge in [0.25, 0.3) is 5.69 Å². The molecule has 2 rings (SSSR count). The number of fused-ring (bicyclic) bond motifs is 1. The summed E-state index contributed by atoms with van der Waals surface area (Å²) in [6.07, 6.45) is -0.0318. The number of nitrogens with zero attached hydrogens (tertiary/aromatic N) is 2. The number of rotatable bonds is 5. The first-order valence-electron chi connectivity index (χ1n) is 5.37. The van der Waals surface area contributed by atoms with Crippen molar-refractivity contribution >= 4 is 45.0 Å². The molecular weight excluding hydrogens is 288 g/mol. The van der Waals surface area contributed by atoms with Crippen LogP contribution in [-0.4, -0.2) is 26.7 Å². The van der Waals surface area contributed by atoms with Gasteiger partial charge in [-0.2, -0.15) is 0 Å². The van der Waals surface area contributed by atoms with E-state index in [1.807, 2.05) is 6.92 Å². The Bertz CT molecular complexity index is 653. The van der Waals surface area contributed by atoms with E-state index in [0.717, 1.165) is 9.71 Å². The van der Waals surface area contributed by atoms with Crippen molar-refractivity contribution in [3.05, 3.63) is 27.3 Å². The van der Waals surface area contributed by atoms with Crippen molar-refractivity contribution in [1.29, 1.82) is 0 Å². The molecule has 0 atom stereocenters. The molecule has 2 aromatic rings. The molecule has 0 bridgehead atoms. The van der Waals surface area contributed by atoms with Gasteiger partial charge < -0.3 is 5.11 Å². The fraction of sp³-hybridized carbons (Fsp3) is 0.273. The lowest BCUT2D eigenvalue weighted by atomic mass is 10.3. The molecule has 0 unspecified atom stereocenters. The van der Waals surface area contributed by atoms with Crippen LogP contribution in [0.25, 0.3) is 10.2 Å². The van der Waals surface area contributed by atoms with Crippen LogP contribution < -0.4 is 0 Å². The minimum atomic E-state index is -0.916. The largest absolute Gasteiger partial charge is 0.481 e. The van der Waals surface area contributed by atoms with Gasteiger partial charge >= 0.3 is 5.97 Å². The topological polar surface area (TPSA) is 93.3 Å². The summed E-state index contributed by atoms with van der Waals surface area (Å²) in [5, 5.41) is 20.5. The van der Waals surface area contributed by atoms with E-state index in [0.29, 0.717) is 16.2 Å². The summed E-state index contributed by atoms with van der Waals surface area (Å²) in [5.41, 5.74) is 0.720. The van der Waals surface area contributed by atoms with Crippen LogP contribution >= 0.6 is 23.1 Å². The summed E-state index contributed by atoms with van der Waals surface area (Å²) in [5.74, 6) is -0.620. The van der Waals surface area contributed by atoms with Gasteiger partial charge in [0.05, 0.1) is 31.5 Å². The standard InChI is InChI=1S/C11H10N2O4S2/c1-6-12-7-4-10(18-3-2-11(14)15)8(13(16)17)5-9(7)19-6/h4-5H,2-3H2,1H3,(H,14,15). The molecule has 8 heteroatoms. The van der Waals surface area contributed by atoms with Crippen molar-refractivity contribution in [2.75, 3.05) is 5.75 Å². The third-order valence-corrected chi connectivity index (χ3v) is 4.33. The monoisotopic (exact) mass is 298 g/mol. The van der Waals surface area contributed by atoms with E-state index in [2.05, 4.69) is 4.98 Å². The Balaban J connectivity index is 2.35. The van der Waals surface area contributed by atoms with Gasteiger partial charge in [0.2, 0.25) is 0 Å². The second-order valence-electron chi connectivity index (χ2n) is 3.77. The van der Waals surface area contributed by atoms with Crippen molar-refractivity contribution in [3.8, 4) is 0 Å². The maximum absolute atomic E-state index is 11.0. The van der Waals surface area contributed by atoms with Crippen LogP contribution in [0, 0.1) is 17.0 Å². The first kappa shape index (κ1) is 13.8. The van der Waals surface area contributed by atoms with Gasteiger partial charge in [-0.1, -0.05) is 0 Å². The number of nitro groups is 1. The number of aliphatic carboxylic acids is 1. The Morgan fingerprint density at radius 2 is 2.32 bits per heavy atom. The summed E-state index contributed by atoms with van der Waals surface area (Å²) < 4.78 is 0.770. The average molecular weight is 298 g/mol. The number of hydrogen-bond donors (Lipinski definition) is 1. The highest BCUT2D eigenvalue weighted by Gasteiger charge is 2.17. The van der Waals surface area contributed by atoms with Gasteiger partial charge in [0.1, 0.15) is 0 Å². The van der Waals surface area contributed by atoms with Crippen molar-refractivity contribution in [3.63, 3.8) is 0 Å². The molecule has 6 nitrogen and oxygen atoms in total. The Hall–Kier alpha value is -1.67. The molecular formula is C11H10N2O4S2. The summed E-state index contributed by atoms with van der Waals surface area (Å²) >= 11 is 2.57. The molecule has 0 aliphatic carbocycles. The first-order chi connectivity index (χ1) is 8.97.